The van der Waals surface area contributed by atoms with Gasteiger partial charge in [-0.3, -0.25) is 4.79 Å². The third kappa shape index (κ3) is 3.64. The summed E-state index contributed by atoms with van der Waals surface area (Å²) >= 11 is 0. The lowest BCUT2D eigenvalue weighted by atomic mass is 10.0. The Hall–Kier alpha value is -1.81. The fourth-order valence-electron chi connectivity index (χ4n) is 2.73. The molecule has 0 bridgehead atoms. The molecule has 1 saturated carbocycles. The van der Waals surface area contributed by atoms with E-state index in [1.165, 1.54) is 0 Å². The van der Waals surface area contributed by atoms with Crippen molar-refractivity contribution in [2.24, 2.45) is 5.92 Å². The van der Waals surface area contributed by atoms with Gasteiger partial charge in [0.1, 0.15) is 11.5 Å². The zero-order valence-corrected chi connectivity index (χ0v) is 13.2. The van der Waals surface area contributed by atoms with Gasteiger partial charge in [-0.25, -0.2) is 0 Å². The maximum absolute atomic E-state index is 12.4. The van der Waals surface area contributed by atoms with Crippen LogP contribution in [0.5, 0.6) is 11.5 Å². The second-order valence-corrected chi connectivity index (χ2v) is 5.64. The number of Topliss-reactive ketones (excluding diaryl/α,β-unsaturated/α-hetero) is 1. The van der Waals surface area contributed by atoms with Crippen LogP contribution in [0.15, 0.2) is 23.8 Å². The van der Waals surface area contributed by atoms with Crippen LogP contribution >= 0.6 is 0 Å². The van der Waals surface area contributed by atoms with Gasteiger partial charge in [-0.15, -0.1) is 0 Å². The van der Waals surface area contributed by atoms with Gasteiger partial charge < -0.3 is 14.4 Å². The molecule has 1 atom stereocenters. The Morgan fingerprint density at radius 3 is 2.67 bits per heavy atom. The van der Waals surface area contributed by atoms with Crippen molar-refractivity contribution < 1.29 is 14.3 Å². The molecule has 114 valence electrons. The zero-order chi connectivity index (χ0) is 15.4. The monoisotopic (exact) mass is 289 g/mol. The Balaban J connectivity index is 2.22. The molecule has 1 aliphatic carbocycles. The Morgan fingerprint density at radius 1 is 1.29 bits per heavy atom. The van der Waals surface area contributed by atoms with Crippen molar-refractivity contribution in [2.75, 3.05) is 34.9 Å². The number of nitrogens with zero attached hydrogens (tertiary/aromatic N) is 1. The molecule has 1 fully saturated rings. The summed E-state index contributed by atoms with van der Waals surface area (Å²) < 4.78 is 10.6. The minimum Gasteiger partial charge on any atom is -0.497 e. The van der Waals surface area contributed by atoms with Gasteiger partial charge in [-0.2, -0.15) is 0 Å². The predicted molar refractivity (Wildman–Crippen MR) is 83.8 cm³/mol. The van der Waals surface area contributed by atoms with E-state index in [1.807, 2.05) is 38.4 Å². The zero-order valence-electron chi connectivity index (χ0n) is 13.2. The number of hydrogen-bond acceptors (Lipinski definition) is 4. The molecule has 0 amide bonds. The lowest BCUT2D eigenvalue weighted by Crippen LogP contribution is -2.24. The highest BCUT2D eigenvalue weighted by Crippen LogP contribution is 2.32. The molecule has 21 heavy (non-hydrogen) atoms. The fourth-order valence-corrected chi connectivity index (χ4v) is 2.73. The molecule has 4 nitrogen and oxygen atoms in total. The molecule has 0 spiro atoms. The van der Waals surface area contributed by atoms with E-state index in [-0.39, 0.29) is 11.7 Å². The number of benzene rings is 1. The molecule has 0 heterocycles. The van der Waals surface area contributed by atoms with Crippen molar-refractivity contribution in [3.8, 4) is 11.5 Å². The van der Waals surface area contributed by atoms with E-state index in [4.69, 9.17) is 9.47 Å². The Labute approximate surface area is 126 Å². The summed E-state index contributed by atoms with van der Waals surface area (Å²) in [5.41, 5.74) is 1.82. The van der Waals surface area contributed by atoms with E-state index in [0.717, 1.165) is 42.0 Å². The van der Waals surface area contributed by atoms with E-state index >= 15 is 0 Å². The lowest BCUT2D eigenvalue weighted by molar-refractivity contribution is -0.118. The molecule has 1 aromatic rings. The molecular formula is C17H23NO3. The lowest BCUT2D eigenvalue weighted by Gasteiger charge is -2.13. The molecule has 0 saturated heterocycles. The summed E-state index contributed by atoms with van der Waals surface area (Å²) in [7, 11) is 7.25. The van der Waals surface area contributed by atoms with Crippen LogP contribution in [0.3, 0.4) is 0 Å². The highest BCUT2D eigenvalue weighted by Gasteiger charge is 2.29. The minimum atomic E-state index is 0.121. The first-order chi connectivity index (χ1) is 10.0. The molecule has 0 aromatic heterocycles. The second-order valence-electron chi connectivity index (χ2n) is 5.64. The fraction of sp³-hybridized carbons (Fsp3) is 0.471. The third-order valence-corrected chi connectivity index (χ3v) is 3.81. The maximum Gasteiger partial charge on any atom is 0.163 e. The molecular weight excluding hydrogens is 266 g/mol. The number of carbonyl (C=O) groups excluding carboxylic acids is 1. The normalized spacial score (nSPS) is 20.3. The van der Waals surface area contributed by atoms with Crippen LogP contribution in [0.1, 0.15) is 18.4 Å². The summed E-state index contributed by atoms with van der Waals surface area (Å²) in [4.78, 5) is 14.5. The van der Waals surface area contributed by atoms with Crippen molar-refractivity contribution in [1.29, 1.82) is 0 Å². The predicted octanol–water partition coefficient (Wildman–Crippen LogP) is 2.63. The molecule has 1 unspecified atom stereocenters. The molecule has 1 aliphatic rings. The van der Waals surface area contributed by atoms with Gasteiger partial charge in [0.2, 0.25) is 0 Å². The van der Waals surface area contributed by atoms with Crippen molar-refractivity contribution >= 4 is 11.9 Å². The average Bonchev–Trinajstić information content (AvgIpc) is 2.80. The van der Waals surface area contributed by atoms with E-state index in [1.54, 1.807) is 14.2 Å². The van der Waals surface area contributed by atoms with Gasteiger partial charge in [-0.05, 0) is 50.7 Å². The highest BCUT2D eigenvalue weighted by molar-refractivity contribution is 6.03. The molecule has 0 N–H and O–H groups in total. The standard InChI is InChI=1S/C17H23NO3/c1-18(2)11-14-6-5-13(17(14)19)9-12-7-8-15(20-3)10-16(12)21-4/h7-10,14H,5-6,11H2,1-4H3/b13-9-. The van der Waals surface area contributed by atoms with Gasteiger partial charge in [0.05, 0.1) is 14.2 Å². The van der Waals surface area contributed by atoms with E-state index in [0.29, 0.717) is 0 Å². The number of ether oxygens (including phenoxy) is 2. The first kappa shape index (κ1) is 15.6. The average molecular weight is 289 g/mol. The largest absolute Gasteiger partial charge is 0.497 e. The van der Waals surface area contributed by atoms with E-state index in [9.17, 15) is 4.79 Å². The molecule has 2 rings (SSSR count). The smallest absolute Gasteiger partial charge is 0.163 e. The van der Waals surface area contributed by atoms with Crippen molar-refractivity contribution in [1.82, 2.24) is 4.90 Å². The first-order valence-corrected chi connectivity index (χ1v) is 7.16. The van der Waals surface area contributed by atoms with Gasteiger partial charge in [0.25, 0.3) is 0 Å². The van der Waals surface area contributed by atoms with Crippen molar-refractivity contribution in [2.45, 2.75) is 12.8 Å². The topological polar surface area (TPSA) is 38.8 Å². The van der Waals surface area contributed by atoms with Crippen LogP contribution in [0.2, 0.25) is 0 Å². The van der Waals surface area contributed by atoms with Crippen LogP contribution in [-0.4, -0.2) is 45.5 Å². The molecule has 4 heteroatoms. The summed E-state index contributed by atoms with van der Waals surface area (Å²) in [6, 6.07) is 5.64. The number of ketones is 1. The summed E-state index contributed by atoms with van der Waals surface area (Å²) in [5, 5.41) is 0. The number of carbonyl (C=O) groups is 1. The van der Waals surface area contributed by atoms with Crippen molar-refractivity contribution in [3.05, 3.63) is 29.3 Å². The van der Waals surface area contributed by atoms with Gasteiger partial charge >= 0.3 is 0 Å². The van der Waals surface area contributed by atoms with E-state index < -0.39 is 0 Å². The number of methoxy groups -OCH3 is 2. The summed E-state index contributed by atoms with van der Waals surface area (Å²) in [5.74, 6) is 1.86. The summed E-state index contributed by atoms with van der Waals surface area (Å²) in [6.07, 6.45) is 3.73. The Bertz CT molecular complexity index is 549. The molecule has 1 aromatic carbocycles. The minimum absolute atomic E-state index is 0.121. The number of hydrogen-bond donors (Lipinski definition) is 0. The number of rotatable bonds is 5. The highest BCUT2D eigenvalue weighted by atomic mass is 16.5. The first-order valence-electron chi connectivity index (χ1n) is 7.16. The van der Waals surface area contributed by atoms with Crippen LogP contribution in [0, 0.1) is 5.92 Å². The van der Waals surface area contributed by atoms with Crippen LogP contribution < -0.4 is 9.47 Å². The van der Waals surface area contributed by atoms with Crippen molar-refractivity contribution in [3.63, 3.8) is 0 Å². The van der Waals surface area contributed by atoms with E-state index in [2.05, 4.69) is 4.90 Å². The van der Waals surface area contributed by atoms with Crippen LogP contribution in [-0.2, 0) is 4.79 Å². The SMILES string of the molecule is COc1ccc(/C=C2/CCC(CN(C)C)C2=O)c(OC)c1. The maximum atomic E-state index is 12.4. The van der Waals surface area contributed by atoms with Gasteiger partial charge in [-0.1, -0.05) is 0 Å². The molecule has 0 radical (unpaired) electrons. The Morgan fingerprint density at radius 2 is 2.05 bits per heavy atom. The Kier molecular flexibility index (Phi) is 5.02. The quantitative estimate of drug-likeness (QED) is 0.781. The second kappa shape index (κ2) is 6.76. The van der Waals surface area contributed by atoms with Crippen LogP contribution in [0.4, 0.5) is 0 Å². The number of allylic oxidation sites excluding steroid dienone is 1. The van der Waals surface area contributed by atoms with Gasteiger partial charge in [0, 0.05) is 24.1 Å². The summed E-state index contributed by atoms with van der Waals surface area (Å²) in [6.45, 7) is 0.815. The third-order valence-electron chi connectivity index (χ3n) is 3.81. The molecule has 0 aliphatic heterocycles. The van der Waals surface area contributed by atoms with Crippen LogP contribution in [0.25, 0.3) is 6.08 Å². The van der Waals surface area contributed by atoms with Gasteiger partial charge in [0.15, 0.2) is 5.78 Å².